The Morgan fingerprint density at radius 2 is 2.25 bits per heavy atom. The Balaban J connectivity index is 1.79. The molecule has 1 aliphatic heterocycles. The van der Waals surface area contributed by atoms with Crippen molar-refractivity contribution in [3.8, 4) is 0 Å². The van der Waals surface area contributed by atoms with Gasteiger partial charge in [-0.25, -0.2) is 4.98 Å². The van der Waals surface area contributed by atoms with Crippen LogP contribution >= 0.6 is 11.3 Å². The van der Waals surface area contributed by atoms with Crippen LogP contribution in [0.5, 0.6) is 0 Å². The van der Waals surface area contributed by atoms with Crippen molar-refractivity contribution >= 4 is 11.3 Å². The molecule has 0 N–H and O–H groups in total. The van der Waals surface area contributed by atoms with Crippen LogP contribution in [0.25, 0.3) is 0 Å². The van der Waals surface area contributed by atoms with Crippen LogP contribution in [0.2, 0.25) is 0 Å². The summed E-state index contributed by atoms with van der Waals surface area (Å²) < 4.78 is 5.64. The molecule has 106 valence electrons. The molecule has 0 aromatic carbocycles. The number of pyridine rings is 1. The van der Waals surface area contributed by atoms with E-state index in [9.17, 15) is 0 Å². The van der Waals surface area contributed by atoms with E-state index in [1.165, 1.54) is 0 Å². The number of thiazole rings is 1. The van der Waals surface area contributed by atoms with Crippen LogP contribution in [0.3, 0.4) is 0 Å². The molecule has 0 amide bonds. The Morgan fingerprint density at radius 3 is 3.00 bits per heavy atom. The lowest BCUT2D eigenvalue weighted by atomic mass is 10.1. The summed E-state index contributed by atoms with van der Waals surface area (Å²) in [6.07, 6.45) is 0. The third-order valence-corrected chi connectivity index (χ3v) is 4.32. The van der Waals surface area contributed by atoms with E-state index in [0.717, 1.165) is 48.4 Å². The molecule has 0 spiro atoms. The number of nitrogens with zero attached hydrogens (tertiary/aromatic N) is 3. The van der Waals surface area contributed by atoms with E-state index in [1.807, 2.05) is 19.9 Å². The van der Waals surface area contributed by atoms with E-state index < -0.39 is 0 Å². The molecule has 1 fully saturated rings. The number of morpholine rings is 1. The first-order valence-corrected chi connectivity index (χ1v) is 7.77. The van der Waals surface area contributed by atoms with E-state index >= 15 is 0 Å². The topological polar surface area (TPSA) is 38.2 Å². The predicted octanol–water partition coefficient (Wildman–Crippen LogP) is 2.73. The lowest BCUT2D eigenvalue weighted by Crippen LogP contribution is -2.39. The first-order chi connectivity index (χ1) is 9.72. The van der Waals surface area contributed by atoms with Crippen LogP contribution in [-0.2, 0) is 11.3 Å². The fourth-order valence-electron chi connectivity index (χ4n) is 2.53. The summed E-state index contributed by atoms with van der Waals surface area (Å²) in [6, 6.07) is 6.44. The summed E-state index contributed by atoms with van der Waals surface area (Å²) in [5.41, 5.74) is 3.31. The average Bonchev–Trinajstić information content (AvgIpc) is 2.86. The van der Waals surface area contributed by atoms with Gasteiger partial charge in [0, 0.05) is 24.2 Å². The van der Waals surface area contributed by atoms with Gasteiger partial charge in [0.05, 0.1) is 35.7 Å². The van der Waals surface area contributed by atoms with Gasteiger partial charge in [0.1, 0.15) is 0 Å². The number of aryl methyl sites for hydroxylation is 2. The first kappa shape index (κ1) is 13.7. The van der Waals surface area contributed by atoms with Gasteiger partial charge in [-0.3, -0.25) is 9.88 Å². The highest BCUT2D eigenvalue weighted by Gasteiger charge is 2.26. The summed E-state index contributed by atoms with van der Waals surface area (Å²) >= 11 is 1.70. The summed E-state index contributed by atoms with van der Waals surface area (Å²) in [5.74, 6) is 0. The maximum Gasteiger partial charge on any atom is 0.0898 e. The molecular formula is C15H19N3OS. The average molecular weight is 289 g/mol. The van der Waals surface area contributed by atoms with Gasteiger partial charge >= 0.3 is 0 Å². The van der Waals surface area contributed by atoms with E-state index in [-0.39, 0.29) is 6.04 Å². The number of aromatic nitrogens is 2. The van der Waals surface area contributed by atoms with E-state index in [0.29, 0.717) is 0 Å². The van der Waals surface area contributed by atoms with Crippen LogP contribution in [-0.4, -0.2) is 34.6 Å². The van der Waals surface area contributed by atoms with Crippen molar-refractivity contribution in [3.05, 3.63) is 45.7 Å². The van der Waals surface area contributed by atoms with E-state index in [1.54, 1.807) is 11.3 Å². The molecule has 1 atom stereocenters. The molecular weight excluding hydrogens is 270 g/mol. The molecule has 0 saturated carbocycles. The van der Waals surface area contributed by atoms with Gasteiger partial charge in [-0.1, -0.05) is 6.07 Å². The zero-order valence-corrected chi connectivity index (χ0v) is 12.7. The smallest absolute Gasteiger partial charge is 0.0898 e. The van der Waals surface area contributed by atoms with Crippen LogP contribution in [0.1, 0.15) is 28.1 Å². The van der Waals surface area contributed by atoms with Gasteiger partial charge in [0.25, 0.3) is 0 Å². The van der Waals surface area contributed by atoms with Gasteiger partial charge in [0.15, 0.2) is 0 Å². The molecule has 2 aromatic heterocycles. The Hall–Kier alpha value is -1.30. The van der Waals surface area contributed by atoms with Crippen molar-refractivity contribution in [2.75, 3.05) is 19.8 Å². The second-order valence-electron chi connectivity index (χ2n) is 5.12. The molecule has 4 nitrogen and oxygen atoms in total. The van der Waals surface area contributed by atoms with Crippen LogP contribution in [0.4, 0.5) is 0 Å². The lowest BCUT2D eigenvalue weighted by molar-refractivity contribution is -0.0146. The van der Waals surface area contributed by atoms with Crippen molar-refractivity contribution < 1.29 is 4.74 Å². The summed E-state index contributed by atoms with van der Waals surface area (Å²) in [4.78, 5) is 11.6. The molecule has 5 heteroatoms. The molecule has 2 aromatic rings. The molecule has 1 unspecified atom stereocenters. The van der Waals surface area contributed by atoms with Gasteiger partial charge in [-0.15, -0.1) is 11.3 Å². The maximum atomic E-state index is 5.64. The summed E-state index contributed by atoms with van der Waals surface area (Å²) in [7, 11) is 0. The number of rotatable bonds is 3. The maximum absolute atomic E-state index is 5.64. The van der Waals surface area contributed by atoms with E-state index in [4.69, 9.17) is 4.74 Å². The third kappa shape index (κ3) is 3.06. The van der Waals surface area contributed by atoms with Crippen molar-refractivity contribution in [3.63, 3.8) is 0 Å². The van der Waals surface area contributed by atoms with Crippen molar-refractivity contribution in [1.82, 2.24) is 14.9 Å². The Morgan fingerprint density at radius 1 is 1.35 bits per heavy atom. The Bertz CT molecular complexity index is 584. The predicted molar refractivity (Wildman–Crippen MR) is 79.8 cm³/mol. The second kappa shape index (κ2) is 5.99. The fourth-order valence-corrected chi connectivity index (χ4v) is 3.19. The molecule has 3 heterocycles. The van der Waals surface area contributed by atoms with Crippen molar-refractivity contribution in [1.29, 1.82) is 0 Å². The van der Waals surface area contributed by atoms with E-state index in [2.05, 4.69) is 32.4 Å². The molecule has 20 heavy (non-hydrogen) atoms. The van der Waals surface area contributed by atoms with Gasteiger partial charge in [0.2, 0.25) is 0 Å². The van der Waals surface area contributed by atoms with Gasteiger partial charge in [-0.05, 0) is 26.0 Å². The third-order valence-electron chi connectivity index (χ3n) is 3.53. The summed E-state index contributed by atoms with van der Waals surface area (Å²) in [6.45, 7) is 7.36. The van der Waals surface area contributed by atoms with Crippen LogP contribution in [0, 0.1) is 13.8 Å². The molecule has 0 bridgehead atoms. The quantitative estimate of drug-likeness (QED) is 0.871. The number of hydrogen-bond donors (Lipinski definition) is 0. The SMILES string of the molecule is Cc1cccc(CN2CCOCC2c2csc(C)n2)n1. The minimum Gasteiger partial charge on any atom is -0.378 e. The highest BCUT2D eigenvalue weighted by Crippen LogP contribution is 2.26. The highest BCUT2D eigenvalue weighted by atomic mass is 32.1. The molecule has 1 aliphatic rings. The highest BCUT2D eigenvalue weighted by molar-refractivity contribution is 7.09. The van der Waals surface area contributed by atoms with Crippen molar-refractivity contribution in [2.45, 2.75) is 26.4 Å². The standard InChI is InChI=1S/C15H19N3OS/c1-11-4-3-5-13(16-11)8-18-6-7-19-9-15(18)14-10-20-12(2)17-14/h3-5,10,15H,6-9H2,1-2H3. The van der Waals surface area contributed by atoms with Crippen LogP contribution < -0.4 is 0 Å². The molecule has 0 aliphatic carbocycles. The van der Waals surface area contributed by atoms with Crippen molar-refractivity contribution in [2.24, 2.45) is 0 Å². The molecule has 1 saturated heterocycles. The summed E-state index contributed by atoms with van der Waals surface area (Å²) in [5, 5.41) is 3.25. The number of hydrogen-bond acceptors (Lipinski definition) is 5. The minimum absolute atomic E-state index is 0.246. The first-order valence-electron chi connectivity index (χ1n) is 6.89. The fraction of sp³-hybridized carbons (Fsp3) is 0.467. The van der Waals surface area contributed by atoms with Crippen LogP contribution in [0.15, 0.2) is 23.6 Å². The normalized spacial score (nSPS) is 20.2. The van der Waals surface area contributed by atoms with Gasteiger partial charge < -0.3 is 4.74 Å². The number of ether oxygens (including phenoxy) is 1. The lowest BCUT2D eigenvalue weighted by Gasteiger charge is -2.34. The Kier molecular flexibility index (Phi) is 4.10. The largest absolute Gasteiger partial charge is 0.378 e. The molecule has 3 rings (SSSR count). The van der Waals surface area contributed by atoms with Gasteiger partial charge in [-0.2, -0.15) is 0 Å². The zero-order valence-electron chi connectivity index (χ0n) is 11.9. The second-order valence-corrected chi connectivity index (χ2v) is 6.19. The minimum atomic E-state index is 0.246. The Labute approximate surface area is 123 Å². The monoisotopic (exact) mass is 289 g/mol. The zero-order chi connectivity index (χ0) is 13.9. The molecule has 0 radical (unpaired) electrons.